The quantitative estimate of drug-likeness (QED) is 0.677. The summed E-state index contributed by atoms with van der Waals surface area (Å²) in [5.41, 5.74) is 3.14. The number of hydrogen-bond donors (Lipinski definition) is 3. The molecule has 3 N–H and O–H groups in total. The molecule has 2 amide bonds. The van der Waals surface area contributed by atoms with Gasteiger partial charge in [-0.2, -0.15) is 0 Å². The molecule has 0 fully saturated rings. The molecule has 0 atom stereocenters. The standard InChI is InChI=1S/C18H20ClN3O2S/c1-11-9-12(2)22-18(25)16(11)17(24)21-10-15(23)20-8-7-13-3-5-14(19)6-4-13/h3-6,9H,7-8,10H2,1-2H3,(H,20,23)(H,21,24)(H,22,25). The van der Waals surface area contributed by atoms with Crippen molar-refractivity contribution >= 4 is 35.6 Å². The average Bonchev–Trinajstić information content (AvgIpc) is 2.54. The number of carbonyl (C=O) groups excluding carboxylic acids is 2. The highest BCUT2D eigenvalue weighted by atomic mass is 35.5. The van der Waals surface area contributed by atoms with E-state index in [9.17, 15) is 9.59 Å². The van der Waals surface area contributed by atoms with Gasteiger partial charge in [-0.25, -0.2) is 0 Å². The SMILES string of the molecule is Cc1cc(C)c(C(=O)NCC(=O)NCCc2ccc(Cl)cc2)c(=S)[nH]1. The fourth-order valence-corrected chi connectivity index (χ4v) is 2.99. The maximum Gasteiger partial charge on any atom is 0.254 e. The summed E-state index contributed by atoms with van der Waals surface area (Å²) in [7, 11) is 0. The molecule has 132 valence electrons. The molecular weight excluding hydrogens is 358 g/mol. The van der Waals surface area contributed by atoms with Crippen molar-refractivity contribution in [1.29, 1.82) is 0 Å². The number of hydrogen-bond acceptors (Lipinski definition) is 3. The van der Waals surface area contributed by atoms with Gasteiger partial charge in [0.1, 0.15) is 4.64 Å². The van der Waals surface area contributed by atoms with Gasteiger partial charge in [0.15, 0.2) is 0 Å². The molecule has 1 aromatic carbocycles. The number of aryl methyl sites for hydroxylation is 2. The Morgan fingerprint density at radius 2 is 1.84 bits per heavy atom. The second-order valence-corrected chi connectivity index (χ2v) is 6.59. The van der Waals surface area contributed by atoms with Crippen molar-refractivity contribution in [2.45, 2.75) is 20.3 Å². The van der Waals surface area contributed by atoms with Crippen molar-refractivity contribution in [3.8, 4) is 0 Å². The molecule has 0 unspecified atom stereocenters. The summed E-state index contributed by atoms with van der Waals surface area (Å²) in [5.74, 6) is -0.603. The fraction of sp³-hybridized carbons (Fsp3) is 0.278. The molecule has 2 aromatic rings. The van der Waals surface area contributed by atoms with Crippen LogP contribution in [-0.2, 0) is 11.2 Å². The first-order valence-corrected chi connectivity index (χ1v) is 8.65. The van der Waals surface area contributed by atoms with E-state index in [0.717, 1.165) is 16.8 Å². The van der Waals surface area contributed by atoms with Crippen LogP contribution >= 0.6 is 23.8 Å². The maximum absolute atomic E-state index is 12.2. The zero-order valence-corrected chi connectivity index (χ0v) is 15.7. The van der Waals surface area contributed by atoms with Gasteiger partial charge in [-0.3, -0.25) is 9.59 Å². The monoisotopic (exact) mass is 377 g/mol. The first-order chi connectivity index (χ1) is 11.9. The Labute approximate surface area is 156 Å². The first kappa shape index (κ1) is 19.1. The summed E-state index contributed by atoms with van der Waals surface area (Å²) < 4.78 is 0.373. The summed E-state index contributed by atoms with van der Waals surface area (Å²) in [6.07, 6.45) is 0.694. The van der Waals surface area contributed by atoms with E-state index in [1.807, 2.05) is 44.2 Å². The van der Waals surface area contributed by atoms with E-state index in [1.54, 1.807) is 0 Å². The van der Waals surface area contributed by atoms with Gasteiger partial charge in [-0.05, 0) is 49.6 Å². The molecule has 1 heterocycles. The molecule has 0 radical (unpaired) electrons. The summed E-state index contributed by atoms with van der Waals surface area (Å²) in [6, 6.07) is 9.30. The summed E-state index contributed by atoms with van der Waals surface area (Å²) >= 11 is 11.0. The molecule has 1 aromatic heterocycles. The second-order valence-electron chi connectivity index (χ2n) is 5.75. The number of nitrogens with one attached hydrogen (secondary N) is 3. The molecule has 25 heavy (non-hydrogen) atoms. The summed E-state index contributed by atoms with van der Waals surface area (Å²) in [5, 5.41) is 6.05. The predicted octanol–water partition coefficient (Wildman–Crippen LogP) is 3.10. The van der Waals surface area contributed by atoms with Crippen LogP contribution < -0.4 is 10.6 Å². The normalized spacial score (nSPS) is 10.4. The molecule has 5 nitrogen and oxygen atoms in total. The summed E-state index contributed by atoms with van der Waals surface area (Å²) in [4.78, 5) is 27.1. The van der Waals surface area contributed by atoms with Crippen molar-refractivity contribution in [3.05, 3.63) is 62.4 Å². The van der Waals surface area contributed by atoms with E-state index in [-0.39, 0.29) is 18.4 Å². The summed E-state index contributed by atoms with van der Waals surface area (Å²) in [6.45, 7) is 4.08. The van der Waals surface area contributed by atoms with Gasteiger partial charge in [0.05, 0.1) is 12.1 Å². The van der Waals surface area contributed by atoms with Crippen molar-refractivity contribution < 1.29 is 9.59 Å². The maximum atomic E-state index is 12.2. The largest absolute Gasteiger partial charge is 0.354 e. The molecule has 0 spiro atoms. The smallest absolute Gasteiger partial charge is 0.254 e. The molecule has 0 saturated carbocycles. The third-order valence-electron chi connectivity index (χ3n) is 3.65. The van der Waals surface area contributed by atoms with Gasteiger partial charge >= 0.3 is 0 Å². The number of pyridine rings is 1. The van der Waals surface area contributed by atoms with E-state index in [0.29, 0.717) is 28.2 Å². The van der Waals surface area contributed by atoms with Crippen molar-refractivity contribution in [3.63, 3.8) is 0 Å². The minimum atomic E-state index is -0.355. The Morgan fingerprint density at radius 1 is 1.16 bits per heavy atom. The number of carbonyl (C=O) groups is 2. The lowest BCUT2D eigenvalue weighted by Gasteiger charge is -2.09. The zero-order chi connectivity index (χ0) is 18.4. The molecular formula is C18H20ClN3O2S. The minimum Gasteiger partial charge on any atom is -0.354 e. The predicted molar refractivity (Wildman–Crippen MR) is 102 cm³/mol. The fourth-order valence-electron chi connectivity index (χ4n) is 2.44. The third kappa shape index (κ3) is 5.69. The topological polar surface area (TPSA) is 74.0 Å². The Hall–Kier alpha value is -2.18. The number of aromatic nitrogens is 1. The van der Waals surface area contributed by atoms with Gasteiger partial charge in [-0.15, -0.1) is 0 Å². The number of rotatable bonds is 6. The van der Waals surface area contributed by atoms with E-state index in [4.69, 9.17) is 23.8 Å². The number of halogens is 1. The van der Waals surface area contributed by atoms with Crippen molar-refractivity contribution in [2.24, 2.45) is 0 Å². The Balaban J connectivity index is 1.81. The molecule has 0 aliphatic heterocycles. The van der Waals surface area contributed by atoms with Gasteiger partial charge in [0.2, 0.25) is 5.91 Å². The number of aromatic amines is 1. The lowest BCUT2D eigenvalue weighted by Crippen LogP contribution is -2.38. The lowest BCUT2D eigenvalue weighted by atomic mass is 10.1. The lowest BCUT2D eigenvalue weighted by molar-refractivity contribution is -0.120. The van der Waals surface area contributed by atoms with Crippen LogP contribution in [0.25, 0.3) is 0 Å². The average molecular weight is 378 g/mol. The third-order valence-corrected chi connectivity index (χ3v) is 4.21. The van der Waals surface area contributed by atoms with Crippen LogP contribution in [0.3, 0.4) is 0 Å². The molecule has 0 aliphatic rings. The molecule has 0 saturated heterocycles. The van der Waals surface area contributed by atoms with E-state index in [1.165, 1.54) is 0 Å². The van der Waals surface area contributed by atoms with Crippen LogP contribution in [0.2, 0.25) is 5.02 Å². The molecule has 0 aliphatic carbocycles. The van der Waals surface area contributed by atoms with Gasteiger partial charge in [0.25, 0.3) is 5.91 Å². The van der Waals surface area contributed by atoms with E-state index in [2.05, 4.69) is 15.6 Å². The second kappa shape index (κ2) is 8.78. The van der Waals surface area contributed by atoms with Crippen LogP contribution in [0, 0.1) is 18.5 Å². The van der Waals surface area contributed by atoms with E-state index < -0.39 is 0 Å². The van der Waals surface area contributed by atoms with Crippen LogP contribution in [0.5, 0.6) is 0 Å². The van der Waals surface area contributed by atoms with Crippen molar-refractivity contribution in [1.82, 2.24) is 15.6 Å². The Bertz CT molecular complexity index is 831. The van der Waals surface area contributed by atoms with Crippen LogP contribution in [-0.4, -0.2) is 29.9 Å². The van der Waals surface area contributed by atoms with Crippen molar-refractivity contribution in [2.75, 3.05) is 13.1 Å². The Kier molecular flexibility index (Phi) is 6.73. The van der Waals surface area contributed by atoms with Crippen LogP contribution in [0.15, 0.2) is 30.3 Å². The number of H-pyrrole nitrogens is 1. The molecule has 2 rings (SSSR count). The van der Waals surface area contributed by atoms with Crippen LogP contribution in [0.4, 0.5) is 0 Å². The highest BCUT2D eigenvalue weighted by molar-refractivity contribution is 7.71. The van der Waals surface area contributed by atoms with Gasteiger partial charge in [0, 0.05) is 17.3 Å². The Morgan fingerprint density at radius 3 is 2.48 bits per heavy atom. The van der Waals surface area contributed by atoms with Gasteiger partial charge in [-0.1, -0.05) is 36.0 Å². The first-order valence-electron chi connectivity index (χ1n) is 7.86. The van der Waals surface area contributed by atoms with Gasteiger partial charge < -0.3 is 15.6 Å². The van der Waals surface area contributed by atoms with Crippen LogP contribution in [0.1, 0.15) is 27.2 Å². The molecule has 0 bridgehead atoms. The zero-order valence-electron chi connectivity index (χ0n) is 14.1. The van der Waals surface area contributed by atoms with E-state index >= 15 is 0 Å². The number of amides is 2. The minimum absolute atomic E-state index is 0.0957. The highest BCUT2D eigenvalue weighted by Crippen LogP contribution is 2.10. The number of benzene rings is 1. The molecule has 7 heteroatoms. The highest BCUT2D eigenvalue weighted by Gasteiger charge is 2.13.